The van der Waals surface area contributed by atoms with Crippen LogP contribution in [0.4, 0.5) is 5.69 Å². The van der Waals surface area contributed by atoms with Crippen LogP contribution in [0.3, 0.4) is 0 Å². The molecular formula is C11H17N5O. The van der Waals surface area contributed by atoms with Crippen molar-refractivity contribution in [2.45, 2.75) is 33.2 Å². The van der Waals surface area contributed by atoms with E-state index in [1.807, 2.05) is 19.9 Å². The van der Waals surface area contributed by atoms with Crippen molar-refractivity contribution < 1.29 is 4.79 Å². The van der Waals surface area contributed by atoms with Gasteiger partial charge in [-0.3, -0.25) is 9.89 Å². The Hall–Kier alpha value is -2.03. The Labute approximate surface area is 100 Å². The zero-order chi connectivity index (χ0) is 13.0. The molecule has 3 N–H and O–H groups in total. The Kier molecular flexibility index (Phi) is 4.10. The smallest absolute Gasteiger partial charge is 0.276 e. The van der Waals surface area contributed by atoms with Crippen LogP contribution in [0.1, 0.15) is 36.5 Å². The average Bonchev–Trinajstić information content (AvgIpc) is 2.59. The lowest BCUT2D eigenvalue weighted by atomic mass is 10.2. The van der Waals surface area contributed by atoms with Gasteiger partial charge in [-0.15, -0.1) is 0 Å². The summed E-state index contributed by atoms with van der Waals surface area (Å²) in [5.74, 6) is -0.239. The number of hydrogen-bond donors (Lipinski definition) is 2. The molecule has 0 unspecified atom stereocenters. The average molecular weight is 235 g/mol. The second-order valence-corrected chi connectivity index (χ2v) is 4.11. The number of carbonyl (C=O) groups excluding carboxylic acids is 1. The van der Waals surface area contributed by atoms with Crippen molar-refractivity contribution in [3.8, 4) is 6.07 Å². The van der Waals surface area contributed by atoms with E-state index in [1.165, 1.54) is 0 Å². The number of nitrogen functional groups attached to an aromatic ring is 1. The lowest BCUT2D eigenvalue weighted by molar-refractivity contribution is 0.0705. The molecule has 0 aliphatic carbocycles. The van der Waals surface area contributed by atoms with Gasteiger partial charge in [-0.1, -0.05) is 0 Å². The van der Waals surface area contributed by atoms with E-state index >= 15 is 0 Å². The highest BCUT2D eigenvalue weighted by atomic mass is 16.2. The van der Waals surface area contributed by atoms with Crippen molar-refractivity contribution in [3.63, 3.8) is 0 Å². The number of aryl methyl sites for hydroxylation is 1. The summed E-state index contributed by atoms with van der Waals surface area (Å²) in [5.41, 5.74) is 7.05. The molecule has 0 bridgehead atoms. The molecule has 0 fully saturated rings. The van der Waals surface area contributed by atoms with Crippen LogP contribution < -0.4 is 5.73 Å². The number of anilines is 1. The molecule has 0 aliphatic rings. The van der Waals surface area contributed by atoms with E-state index in [1.54, 1.807) is 11.8 Å². The molecule has 0 radical (unpaired) electrons. The maximum atomic E-state index is 12.2. The molecule has 0 aromatic carbocycles. The molecule has 6 nitrogen and oxygen atoms in total. The Morgan fingerprint density at radius 1 is 1.65 bits per heavy atom. The van der Waals surface area contributed by atoms with Crippen LogP contribution in [-0.4, -0.2) is 33.6 Å². The first-order valence-corrected chi connectivity index (χ1v) is 5.47. The maximum absolute atomic E-state index is 12.2. The van der Waals surface area contributed by atoms with E-state index in [9.17, 15) is 4.79 Å². The molecule has 1 aromatic rings. The number of nitrogens with zero attached hydrogens (tertiary/aromatic N) is 3. The molecular weight excluding hydrogens is 218 g/mol. The second kappa shape index (κ2) is 5.34. The van der Waals surface area contributed by atoms with Crippen molar-refractivity contribution >= 4 is 11.6 Å². The number of nitrogens with one attached hydrogen (secondary N) is 1. The number of rotatable bonds is 4. The summed E-state index contributed by atoms with van der Waals surface area (Å²) in [6.45, 7) is 5.93. The molecule has 6 heteroatoms. The molecule has 0 saturated carbocycles. The van der Waals surface area contributed by atoms with Crippen molar-refractivity contribution in [2.75, 3.05) is 12.3 Å². The quantitative estimate of drug-likeness (QED) is 0.815. The second-order valence-electron chi connectivity index (χ2n) is 4.11. The van der Waals surface area contributed by atoms with E-state index in [2.05, 4.69) is 10.2 Å². The third-order valence-corrected chi connectivity index (χ3v) is 2.55. The van der Waals surface area contributed by atoms with E-state index in [-0.39, 0.29) is 17.6 Å². The van der Waals surface area contributed by atoms with Gasteiger partial charge in [-0.2, -0.15) is 10.4 Å². The number of amides is 1. The van der Waals surface area contributed by atoms with Crippen LogP contribution in [0.15, 0.2) is 0 Å². The van der Waals surface area contributed by atoms with Gasteiger partial charge in [0.05, 0.1) is 23.9 Å². The summed E-state index contributed by atoms with van der Waals surface area (Å²) in [6, 6.07) is 2.03. The number of nitrogens with two attached hydrogens (primary N) is 1. The lowest BCUT2D eigenvalue weighted by Crippen LogP contribution is -2.38. The predicted molar refractivity (Wildman–Crippen MR) is 64.1 cm³/mol. The molecule has 92 valence electrons. The first-order valence-electron chi connectivity index (χ1n) is 5.47. The molecule has 1 aromatic heterocycles. The van der Waals surface area contributed by atoms with Gasteiger partial charge < -0.3 is 10.6 Å². The van der Waals surface area contributed by atoms with E-state index in [0.717, 1.165) is 0 Å². The molecule has 1 heterocycles. The van der Waals surface area contributed by atoms with Gasteiger partial charge in [0.2, 0.25) is 0 Å². The number of H-pyrrole nitrogens is 1. The highest BCUT2D eigenvalue weighted by Crippen LogP contribution is 2.16. The van der Waals surface area contributed by atoms with Crippen LogP contribution in [0.25, 0.3) is 0 Å². The summed E-state index contributed by atoms with van der Waals surface area (Å²) >= 11 is 0. The van der Waals surface area contributed by atoms with Gasteiger partial charge >= 0.3 is 0 Å². The summed E-state index contributed by atoms with van der Waals surface area (Å²) < 4.78 is 0. The van der Waals surface area contributed by atoms with Gasteiger partial charge in [-0.25, -0.2) is 0 Å². The monoisotopic (exact) mass is 235 g/mol. The van der Waals surface area contributed by atoms with Crippen LogP contribution in [0.5, 0.6) is 0 Å². The Bertz CT molecular complexity index is 443. The first kappa shape index (κ1) is 13.0. The fraction of sp³-hybridized carbons (Fsp3) is 0.545. The van der Waals surface area contributed by atoms with Gasteiger partial charge in [0.25, 0.3) is 5.91 Å². The Balaban J connectivity index is 2.92. The summed E-state index contributed by atoms with van der Waals surface area (Å²) in [6.07, 6.45) is 0.299. The van der Waals surface area contributed by atoms with Crippen molar-refractivity contribution in [3.05, 3.63) is 11.4 Å². The molecule has 0 aliphatic heterocycles. The van der Waals surface area contributed by atoms with E-state index in [4.69, 9.17) is 11.0 Å². The molecule has 1 amide bonds. The summed E-state index contributed by atoms with van der Waals surface area (Å²) in [4.78, 5) is 13.8. The number of aromatic nitrogens is 2. The molecule has 0 atom stereocenters. The predicted octanol–water partition coefficient (Wildman–Crippen LogP) is 1.06. The molecule has 0 spiro atoms. The van der Waals surface area contributed by atoms with Gasteiger partial charge in [0.15, 0.2) is 5.69 Å². The zero-order valence-corrected chi connectivity index (χ0v) is 10.3. The lowest BCUT2D eigenvalue weighted by Gasteiger charge is -2.25. The fourth-order valence-electron chi connectivity index (χ4n) is 1.50. The SMILES string of the molecule is Cc1[nH]nc(C(=O)N(CCC#N)C(C)C)c1N. The molecule has 17 heavy (non-hydrogen) atoms. The number of hydrogen-bond acceptors (Lipinski definition) is 4. The summed E-state index contributed by atoms with van der Waals surface area (Å²) in [5, 5.41) is 15.2. The summed E-state index contributed by atoms with van der Waals surface area (Å²) in [7, 11) is 0. The van der Waals surface area contributed by atoms with Gasteiger partial charge in [0.1, 0.15) is 0 Å². The van der Waals surface area contributed by atoms with Gasteiger partial charge in [-0.05, 0) is 20.8 Å². The minimum Gasteiger partial charge on any atom is -0.395 e. The first-order chi connectivity index (χ1) is 7.99. The topological polar surface area (TPSA) is 98.8 Å². The number of aromatic amines is 1. The third-order valence-electron chi connectivity index (χ3n) is 2.55. The fourth-order valence-corrected chi connectivity index (χ4v) is 1.50. The maximum Gasteiger partial charge on any atom is 0.276 e. The van der Waals surface area contributed by atoms with Crippen LogP contribution in [-0.2, 0) is 0 Å². The number of carbonyl (C=O) groups is 1. The zero-order valence-electron chi connectivity index (χ0n) is 10.3. The normalized spacial score (nSPS) is 10.3. The van der Waals surface area contributed by atoms with E-state index in [0.29, 0.717) is 24.3 Å². The van der Waals surface area contributed by atoms with Crippen molar-refractivity contribution in [2.24, 2.45) is 0 Å². The minimum atomic E-state index is -0.239. The number of nitriles is 1. The van der Waals surface area contributed by atoms with Crippen LogP contribution in [0.2, 0.25) is 0 Å². The van der Waals surface area contributed by atoms with Crippen LogP contribution >= 0.6 is 0 Å². The van der Waals surface area contributed by atoms with Gasteiger partial charge in [0, 0.05) is 12.6 Å². The Morgan fingerprint density at radius 2 is 2.29 bits per heavy atom. The van der Waals surface area contributed by atoms with Crippen molar-refractivity contribution in [1.82, 2.24) is 15.1 Å². The third kappa shape index (κ3) is 2.75. The minimum absolute atomic E-state index is 0.00672. The Morgan fingerprint density at radius 3 is 2.71 bits per heavy atom. The van der Waals surface area contributed by atoms with Crippen LogP contribution in [0, 0.1) is 18.3 Å². The molecule has 1 rings (SSSR count). The highest BCUT2D eigenvalue weighted by molar-refractivity contribution is 5.97. The van der Waals surface area contributed by atoms with Crippen molar-refractivity contribution in [1.29, 1.82) is 5.26 Å². The molecule has 0 saturated heterocycles. The van der Waals surface area contributed by atoms with E-state index < -0.39 is 0 Å². The highest BCUT2D eigenvalue weighted by Gasteiger charge is 2.23. The standard InChI is InChI=1S/C11H17N5O/c1-7(2)16(6-4-5-12)11(17)10-9(13)8(3)14-15-10/h7H,4,6,13H2,1-3H3,(H,14,15). The largest absolute Gasteiger partial charge is 0.395 e.